The lowest BCUT2D eigenvalue weighted by molar-refractivity contribution is -0.216. The Morgan fingerprint density at radius 3 is 1.52 bits per heavy atom. The van der Waals surface area contributed by atoms with E-state index < -0.39 is 84.3 Å². The number of ether oxygens (including phenoxy) is 2. The summed E-state index contributed by atoms with van der Waals surface area (Å²) in [6.07, 6.45) is 1.60. The Kier molecular flexibility index (Phi) is 36.4. The van der Waals surface area contributed by atoms with Crippen LogP contribution in [0.3, 0.4) is 0 Å². The fraction of sp³-hybridized carbons (Fsp3) is 0.644. The van der Waals surface area contributed by atoms with Gasteiger partial charge >= 0.3 is 21.6 Å². The molecule has 4 unspecified atom stereocenters. The van der Waals surface area contributed by atoms with Crippen LogP contribution in [0.5, 0.6) is 0 Å². The number of aliphatic hydroxyl groups is 5. The van der Waals surface area contributed by atoms with Crippen molar-refractivity contribution in [3.63, 3.8) is 0 Å². The Morgan fingerprint density at radius 2 is 1.06 bits per heavy atom. The maximum atomic E-state index is 12.5. The predicted molar refractivity (Wildman–Crippen MR) is 270 cm³/mol. The van der Waals surface area contributed by atoms with Crippen molar-refractivity contribution in [1.29, 1.82) is 0 Å². The van der Waals surface area contributed by atoms with E-state index in [0.717, 1.165) is 43.9 Å². The maximum absolute atomic E-state index is 12.5. The van der Waals surface area contributed by atoms with Gasteiger partial charge in [0.05, 0.1) is 13.2 Å². The van der Waals surface area contributed by atoms with Crippen molar-refractivity contribution in [2.24, 2.45) is 0 Å². The lowest BCUT2D eigenvalue weighted by Gasteiger charge is -2.43. The Morgan fingerprint density at radius 1 is 0.600 bits per heavy atom. The fourth-order valence-corrected chi connectivity index (χ4v) is 7.58. The van der Waals surface area contributed by atoms with Gasteiger partial charge in [-0.25, -0.2) is 9.13 Å². The first kappa shape index (κ1) is 61.4. The van der Waals surface area contributed by atoms with Crippen LogP contribution in [0.2, 0.25) is 0 Å². The summed E-state index contributed by atoms with van der Waals surface area (Å²) in [6, 6.07) is 0. The number of aliphatic hydroxyl groups excluding tert-OH is 5. The van der Waals surface area contributed by atoms with E-state index in [1.54, 1.807) is 6.92 Å². The summed E-state index contributed by atoms with van der Waals surface area (Å²) < 4.78 is 47.5. The van der Waals surface area contributed by atoms with Crippen molar-refractivity contribution in [3.8, 4) is 82.2 Å². The fourth-order valence-electron chi connectivity index (χ4n) is 5.52. The molecular formula is C45H88O17P2S. The van der Waals surface area contributed by atoms with Gasteiger partial charge in [0.15, 0.2) is 0 Å². The first-order valence-corrected chi connectivity index (χ1v) is 25.0. The lowest BCUT2D eigenvalue weighted by atomic mass is 9.85. The number of thioether (sulfide) groups is 1. The summed E-state index contributed by atoms with van der Waals surface area (Å²) in [7, 11) is -10.5. The van der Waals surface area contributed by atoms with Crippen LogP contribution >= 0.6 is 27.4 Å². The first-order chi connectivity index (χ1) is 31.0. The molecule has 1 fully saturated rings. The number of rotatable bonds is 27. The number of phosphoric acid groups is 2. The summed E-state index contributed by atoms with van der Waals surface area (Å²) >= 11 is 0.965. The van der Waals surface area contributed by atoms with Gasteiger partial charge in [-0.05, 0) is 96.1 Å². The normalized spacial score (nSPS) is 19.6. The smallest absolute Gasteiger partial charge is 0.457 e. The Hall–Kier alpha value is -3.61. The van der Waals surface area contributed by atoms with E-state index in [1.165, 1.54) is 51.4 Å². The van der Waals surface area contributed by atoms with Crippen LogP contribution in [0.1, 0.15) is 142 Å². The summed E-state index contributed by atoms with van der Waals surface area (Å²) in [4.78, 5) is 51.5. The van der Waals surface area contributed by atoms with Crippen molar-refractivity contribution >= 4 is 38.5 Å². The molecule has 0 spiro atoms. The minimum atomic E-state index is -5.32. The van der Waals surface area contributed by atoms with E-state index >= 15 is 0 Å². The van der Waals surface area contributed by atoms with Crippen LogP contribution in [0.25, 0.3) is 0 Å². The third-order valence-electron chi connectivity index (χ3n) is 8.64. The molecule has 0 aromatic heterocycles. The molecule has 1 rings (SSSR count). The molecule has 0 aromatic rings. The van der Waals surface area contributed by atoms with Crippen molar-refractivity contribution in [2.45, 2.75) is 166 Å². The van der Waals surface area contributed by atoms with Crippen LogP contribution in [-0.2, 0) is 41.8 Å². The number of hydrogen-bond acceptors (Lipinski definition) is 15. The summed E-state index contributed by atoms with van der Waals surface area (Å²) in [6.45, 7) is 3.89. The number of carbonyl (C=O) groups is 2. The maximum Gasteiger partial charge on any atom is 0.472 e. The van der Waals surface area contributed by atoms with Crippen molar-refractivity contribution in [3.05, 3.63) is 0 Å². The largest absolute Gasteiger partial charge is 0.472 e. The van der Waals surface area contributed by atoms with Crippen molar-refractivity contribution in [1.82, 2.24) is 0 Å². The molecule has 1 saturated carbocycles. The minimum Gasteiger partial charge on any atom is -0.457 e. The van der Waals surface area contributed by atoms with Gasteiger partial charge in [0.2, 0.25) is 5.12 Å². The number of phosphoric ester groups is 2. The zero-order valence-corrected chi connectivity index (χ0v) is 39.6. The quantitative estimate of drug-likeness (QED) is 0.0135. The van der Waals surface area contributed by atoms with Crippen molar-refractivity contribution < 1.29 is 101 Å². The highest BCUT2D eigenvalue weighted by Crippen LogP contribution is 2.49. The highest BCUT2D eigenvalue weighted by molar-refractivity contribution is 8.17. The third-order valence-corrected chi connectivity index (χ3v) is 10.8. The molecule has 17 nitrogen and oxygen atoms in total. The second-order valence-electron chi connectivity index (χ2n) is 14.0. The highest BCUT2D eigenvalue weighted by Gasteiger charge is 2.54. The minimum absolute atomic E-state index is 0. The van der Waals surface area contributed by atoms with E-state index in [2.05, 4.69) is 93.7 Å². The van der Waals surface area contributed by atoms with Crippen LogP contribution in [0.15, 0.2) is 0 Å². The molecule has 65 heavy (non-hydrogen) atoms. The highest BCUT2D eigenvalue weighted by atomic mass is 32.2. The van der Waals surface area contributed by atoms with Gasteiger partial charge in [0.25, 0.3) is 0 Å². The summed E-state index contributed by atoms with van der Waals surface area (Å²) in [5.74, 6) is 32.2. The second kappa shape index (κ2) is 38.5. The second-order valence-corrected chi connectivity index (χ2v) is 17.5. The number of hydrogen-bond donors (Lipinski definition) is 8. The number of unbranched alkanes of at least 4 members (excludes halogenated alkanes) is 12. The van der Waals surface area contributed by atoms with E-state index in [0.29, 0.717) is 12.8 Å². The molecule has 0 heterocycles. The van der Waals surface area contributed by atoms with Crippen LogP contribution in [0, 0.1) is 82.2 Å². The molecule has 0 radical (unpaired) electrons. The number of carbonyl (C=O) groups excluding carboxylic acids is 2. The van der Waals surface area contributed by atoms with Gasteiger partial charge in [0, 0.05) is 43.1 Å². The SMILES string of the molecule is CC#CC#CC#CC#CC#CC#CC#CSC(=O)CCC.CCCCCCCCCCCCCCCC(=O)O[C@H](COCO)COP(=O)(O)OC1C(O)[C@H](OP(=O)(O)O)[C@H](O)C(O)[C@@H]1O.[HH].[HH].[HH].[HH].[HH].[HH].[HH].[HH].[HH].[HH].[HH].[HH].[HH]. The van der Waals surface area contributed by atoms with Gasteiger partial charge < -0.3 is 49.7 Å². The van der Waals surface area contributed by atoms with Gasteiger partial charge in [0.1, 0.15) is 49.5 Å². The Bertz CT molecular complexity index is 2010. The molecule has 0 bridgehead atoms. The Balaban J connectivity index is -0.0000000877. The van der Waals surface area contributed by atoms with E-state index in [9.17, 15) is 44.0 Å². The van der Waals surface area contributed by atoms with Gasteiger partial charge in [-0.2, -0.15) is 0 Å². The molecule has 20 heteroatoms. The van der Waals surface area contributed by atoms with Crippen LogP contribution in [-0.4, -0.2) is 114 Å². The van der Waals surface area contributed by atoms with Crippen LogP contribution in [0.4, 0.5) is 0 Å². The van der Waals surface area contributed by atoms with Gasteiger partial charge in [-0.3, -0.25) is 23.2 Å². The number of esters is 1. The van der Waals surface area contributed by atoms with E-state index in [4.69, 9.17) is 33.4 Å². The molecule has 1 aliphatic rings. The third kappa shape index (κ3) is 33.5. The molecule has 386 valence electrons. The molecule has 8 atom stereocenters. The zero-order chi connectivity index (χ0) is 48.8. The molecule has 0 aliphatic heterocycles. The van der Waals surface area contributed by atoms with Crippen molar-refractivity contribution in [2.75, 3.05) is 20.0 Å². The van der Waals surface area contributed by atoms with E-state index in [1.807, 2.05) is 6.92 Å². The van der Waals surface area contributed by atoms with Gasteiger partial charge in [-0.15, -0.1) is 0 Å². The predicted octanol–water partition coefficient (Wildman–Crippen LogP) is 7.03. The van der Waals surface area contributed by atoms with Crippen LogP contribution < -0.4 is 0 Å². The monoisotopic (exact) mass is 995 g/mol. The molecular weight excluding hydrogens is 906 g/mol. The molecule has 1 aliphatic carbocycles. The molecule has 0 saturated heterocycles. The zero-order valence-electron chi connectivity index (χ0n) is 37.0. The summed E-state index contributed by atoms with van der Waals surface area (Å²) in [5.41, 5.74) is 0. The average Bonchev–Trinajstić information content (AvgIpc) is 3.26. The molecule has 8 N–H and O–H groups in total. The molecule has 0 amide bonds. The summed E-state index contributed by atoms with van der Waals surface area (Å²) in [5, 5.41) is 51.9. The molecule has 0 aromatic carbocycles. The lowest BCUT2D eigenvalue weighted by Crippen LogP contribution is -2.64. The van der Waals surface area contributed by atoms with Gasteiger partial charge in [-0.1, -0.05) is 96.8 Å². The van der Waals surface area contributed by atoms with E-state index in [-0.39, 0.29) is 30.1 Å². The first-order valence-electron chi connectivity index (χ1n) is 21.1. The standard InChI is InChI=1S/C26H52O16P2.C19H10OS.13H2/c1-2-3-4-5-6-7-8-9-10-11-12-13-14-15-20(28)40-19(16-38-18-27)17-39-44(36,37)42-26-23(31)21(29)22(30)25(24(26)32)41-43(33,34)35;1-3-5-6-7-8-9-10-11-12-13-14-15-16-18-21-19(20)17-4-2;;;;;;;;;;;;;/h19,21-27,29-32H,2-18H2,1H3,(H,36,37)(H2,33,34,35);4,17H2,1-2H3;13*1H/t19-,21?,22-,23+,24?,25-,26?;;;;;;;;;;;;;;/m1............../s1. The topological polar surface area (TPSA) is 276 Å². The Labute approximate surface area is 407 Å². The average molecular weight is 995 g/mol.